The minimum atomic E-state index is -1.01. The Morgan fingerprint density at radius 3 is 2.48 bits per heavy atom. The number of hydrogen-bond donors (Lipinski definition) is 2. The fraction of sp³-hybridized carbons (Fsp3) is 0.600. The van der Waals surface area contributed by atoms with Gasteiger partial charge in [0.15, 0.2) is 4.88 Å². The number of carboxylic acid groups (broad SMARTS) is 1. The van der Waals surface area contributed by atoms with Crippen molar-refractivity contribution in [1.29, 1.82) is 0 Å². The highest BCUT2D eigenvalue weighted by Crippen LogP contribution is 2.35. The quantitative estimate of drug-likeness (QED) is 0.363. The smallest absolute Gasteiger partial charge is 0.352 e. The average molecular weight is 363 g/mol. The van der Waals surface area contributed by atoms with Gasteiger partial charge < -0.3 is 10.2 Å². The summed E-state index contributed by atoms with van der Waals surface area (Å²) in [6, 6.07) is 1.73. The van der Waals surface area contributed by atoms with E-state index in [-0.39, 0.29) is 16.2 Å². The maximum Gasteiger partial charge on any atom is 0.352 e. The number of nitrogens with zero attached hydrogens (tertiary/aromatic N) is 1. The molecule has 136 valence electrons. The number of aliphatic hydroxyl groups excluding tert-OH is 1. The molecule has 0 saturated heterocycles. The van der Waals surface area contributed by atoms with E-state index in [9.17, 15) is 15.0 Å². The molecule has 1 aromatic heterocycles. The highest BCUT2D eigenvalue weighted by molar-refractivity contribution is 7.15. The zero-order valence-electron chi connectivity index (χ0n) is 15.5. The number of aliphatic hydroxyl groups is 1. The predicted molar refractivity (Wildman–Crippen MR) is 102 cm³/mol. The summed E-state index contributed by atoms with van der Waals surface area (Å²) < 4.78 is 1.46. The lowest BCUT2D eigenvalue weighted by molar-refractivity contribution is -0.542. The van der Waals surface area contributed by atoms with Crippen LogP contribution in [0, 0.1) is 29.1 Å². The first-order chi connectivity index (χ1) is 11.6. The van der Waals surface area contributed by atoms with E-state index in [4.69, 9.17) is 0 Å². The molecule has 2 rings (SSSR count). The largest absolute Gasteiger partial charge is 0.477 e. The van der Waals surface area contributed by atoms with Gasteiger partial charge in [-0.25, -0.2) is 4.79 Å². The van der Waals surface area contributed by atoms with Crippen molar-refractivity contribution in [2.45, 2.75) is 59.6 Å². The maximum absolute atomic E-state index is 11.6. The van der Waals surface area contributed by atoms with Crippen molar-refractivity contribution in [2.24, 2.45) is 17.3 Å². The van der Waals surface area contributed by atoms with Crippen LogP contribution in [0.4, 0.5) is 5.69 Å². The first kappa shape index (κ1) is 19.7. The van der Waals surface area contributed by atoms with Crippen LogP contribution in [0.5, 0.6) is 0 Å². The average Bonchev–Trinajstić information content (AvgIpc) is 2.96. The van der Waals surface area contributed by atoms with Crippen LogP contribution in [0.15, 0.2) is 6.07 Å². The SMILES string of the molecule is C=[N+](c1cc(C#CC(C)(C)C)sc1C(=O)O)C(O)C1CCC(C)CC1. The van der Waals surface area contributed by atoms with E-state index in [1.165, 1.54) is 4.58 Å². The van der Waals surface area contributed by atoms with Gasteiger partial charge in [-0.15, -0.1) is 11.3 Å². The van der Waals surface area contributed by atoms with Crippen LogP contribution in [0.3, 0.4) is 0 Å². The van der Waals surface area contributed by atoms with Crippen LogP contribution in [0.1, 0.15) is 67.9 Å². The van der Waals surface area contributed by atoms with Gasteiger partial charge in [-0.3, -0.25) is 0 Å². The zero-order valence-corrected chi connectivity index (χ0v) is 16.3. The topological polar surface area (TPSA) is 60.5 Å². The molecule has 25 heavy (non-hydrogen) atoms. The Morgan fingerprint density at radius 2 is 1.96 bits per heavy atom. The summed E-state index contributed by atoms with van der Waals surface area (Å²) in [5.74, 6) is 5.97. The van der Waals surface area contributed by atoms with E-state index in [1.807, 2.05) is 20.8 Å². The van der Waals surface area contributed by atoms with Crippen LogP contribution in [-0.4, -0.2) is 33.7 Å². The molecule has 1 fully saturated rings. The Kier molecular flexibility index (Phi) is 6.08. The molecule has 1 aliphatic carbocycles. The van der Waals surface area contributed by atoms with Crippen molar-refractivity contribution < 1.29 is 19.6 Å². The predicted octanol–water partition coefficient (Wildman–Crippen LogP) is 4.33. The number of thiophene rings is 1. The fourth-order valence-corrected chi connectivity index (χ4v) is 3.90. The molecule has 1 heterocycles. The second-order valence-electron chi connectivity index (χ2n) is 8.03. The number of rotatable bonds is 4. The van der Waals surface area contributed by atoms with Crippen LogP contribution >= 0.6 is 11.3 Å². The lowest BCUT2D eigenvalue weighted by atomic mass is 9.82. The van der Waals surface area contributed by atoms with Gasteiger partial charge in [-0.1, -0.05) is 31.6 Å². The standard InChI is InChI=1S/C20H27NO3S/c1-13-6-8-14(9-7-13)18(22)21(5)16-12-15(10-11-20(2,3)4)25-17(16)19(23)24/h12-14,18,22H,5-9H2,1-4H3/p+1. The lowest BCUT2D eigenvalue weighted by Gasteiger charge is -2.27. The third kappa shape index (κ3) is 5.17. The Hall–Kier alpha value is -1.64. The minimum Gasteiger partial charge on any atom is -0.477 e. The molecule has 5 heteroatoms. The molecular weight excluding hydrogens is 334 g/mol. The number of aromatic carboxylic acids is 1. The highest BCUT2D eigenvalue weighted by atomic mass is 32.1. The summed E-state index contributed by atoms with van der Waals surface area (Å²) in [5.41, 5.74) is 0.289. The van der Waals surface area contributed by atoms with Crippen molar-refractivity contribution >= 4 is 29.7 Å². The van der Waals surface area contributed by atoms with E-state index >= 15 is 0 Å². The second-order valence-corrected chi connectivity index (χ2v) is 9.09. The van der Waals surface area contributed by atoms with E-state index < -0.39 is 12.2 Å². The van der Waals surface area contributed by atoms with Crippen LogP contribution < -0.4 is 0 Å². The molecule has 2 N–H and O–H groups in total. The van der Waals surface area contributed by atoms with E-state index in [1.54, 1.807) is 6.07 Å². The monoisotopic (exact) mass is 362 g/mol. The van der Waals surface area contributed by atoms with Gasteiger partial charge >= 0.3 is 5.97 Å². The van der Waals surface area contributed by atoms with Gasteiger partial charge in [-0.05, 0) is 39.5 Å². The highest BCUT2D eigenvalue weighted by Gasteiger charge is 2.35. The van der Waals surface area contributed by atoms with Crippen molar-refractivity contribution in [3.63, 3.8) is 0 Å². The zero-order chi connectivity index (χ0) is 18.8. The normalized spacial score (nSPS) is 22.0. The molecule has 0 radical (unpaired) electrons. The molecule has 1 aliphatic rings. The van der Waals surface area contributed by atoms with E-state index in [2.05, 4.69) is 25.5 Å². The molecule has 0 aliphatic heterocycles. The van der Waals surface area contributed by atoms with Crippen molar-refractivity contribution in [3.05, 3.63) is 15.8 Å². The summed E-state index contributed by atoms with van der Waals surface area (Å²) >= 11 is 1.14. The Balaban J connectivity index is 2.26. The summed E-state index contributed by atoms with van der Waals surface area (Å²) in [7, 11) is 0. The summed E-state index contributed by atoms with van der Waals surface area (Å²) in [4.78, 5) is 12.5. The Bertz CT molecular complexity index is 710. The van der Waals surface area contributed by atoms with E-state index in [0.29, 0.717) is 16.5 Å². The third-order valence-electron chi connectivity index (χ3n) is 4.58. The van der Waals surface area contributed by atoms with Gasteiger partial charge in [-0.2, -0.15) is 4.58 Å². The van der Waals surface area contributed by atoms with Gasteiger partial charge in [0.25, 0.3) is 6.23 Å². The number of carboxylic acids is 1. The first-order valence-corrected chi connectivity index (χ1v) is 9.58. The number of carbonyl (C=O) groups is 1. The molecule has 0 bridgehead atoms. The Morgan fingerprint density at radius 1 is 1.36 bits per heavy atom. The molecule has 1 atom stereocenters. The van der Waals surface area contributed by atoms with Crippen LogP contribution in [0.2, 0.25) is 0 Å². The summed E-state index contributed by atoms with van der Waals surface area (Å²) in [6.45, 7) is 12.2. The summed E-state index contributed by atoms with van der Waals surface area (Å²) in [6.07, 6.45) is 3.29. The molecular formula is C20H28NO3S+. The number of hydrogen-bond acceptors (Lipinski definition) is 3. The molecule has 0 amide bonds. The lowest BCUT2D eigenvalue weighted by Crippen LogP contribution is -2.33. The van der Waals surface area contributed by atoms with Crippen LogP contribution in [0.25, 0.3) is 0 Å². The Labute approximate surface area is 154 Å². The van der Waals surface area contributed by atoms with Crippen LogP contribution in [-0.2, 0) is 0 Å². The minimum absolute atomic E-state index is 0.124. The molecule has 1 saturated carbocycles. The maximum atomic E-state index is 11.6. The first-order valence-electron chi connectivity index (χ1n) is 8.76. The molecule has 0 aromatic carbocycles. The van der Waals surface area contributed by atoms with Crippen molar-refractivity contribution in [1.82, 2.24) is 0 Å². The molecule has 1 aromatic rings. The third-order valence-corrected chi connectivity index (χ3v) is 5.61. The van der Waals surface area contributed by atoms with Gasteiger partial charge in [0.2, 0.25) is 5.69 Å². The molecule has 4 nitrogen and oxygen atoms in total. The van der Waals surface area contributed by atoms with Crippen molar-refractivity contribution in [2.75, 3.05) is 0 Å². The fourth-order valence-electron chi connectivity index (χ4n) is 3.04. The van der Waals surface area contributed by atoms with Gasteiger partial charge in [0.05, 0.1) is 4.88 Å². The second kappa shape index (κ2) is 7.72. The van der Waals surface area contributed by atoms with Gasteiger partial charge in [0, 0.05) is 17.4 Å². The van der Waals surface area contributed by atoms with Gasteiger partial charge in [0.1, 0.15) is 6.72 Å². The van der Waals surface area contributed by atoms with E-state index in [0.717, 1.165) is 37.0 Å². The van der Waals surface area contributed by atoms with Crippen molar-refractivity contribution in [3.8, 4) is 11.8 Å². The molecule has 1 unspecified atom stereocenters. The molecule has 0 spiro atoms. The summed E-state index contributed by atoms with van der Waals surface area (Å²) in [5, 5.41) is 20.2.